The van der Waals surface area contributed by atoms with Gasteiger partial charge >= 0.3 is 5.69 Å². The van der Waals surface area contributed by atoms with Gasteiger partial charge in [-0.3, -0.25) is 38.9 Å². The first-order valence-electron chi connectivity index (χ1n) is 11.3. The lowest BCUT2D eigenvalue weighted by Gasteiger charge is -2.35. The molecule has 4 rings (SSSR count). The molecule has 0 bridgehead atoms. The Hall–Kier alpha value is -4.09. The SMILES string of the molecule is Cc1nn(Cc2ccc(C(=O)N3CCN(C(=O)CN4C(=O)CCC4=O)CC3)cc2)c(C)c1[N+](=O)[O-]. The molecule has 12 heteroatoms. The van der Waals surface area contributed by atoms with E-state index in [1.165, 1.54) is 0 Å². The van der Waals surface area contributed by atoms with E-state index in [0.717, 1.165) is 10.5 Å². The van der Waals surface area contributed by atoms with E-state index < -0.39 is 4.92 Å². The average Bonchev–Trinajstić information content (AvgIpc) is 3.30. The fraction of sp³-hybridized carbons (Fsp3) is 0.435. The Morgan fingerprint density at radius 2 is 1.54 bits per heavy atom. The molecule has 0 radical (unpaired) electrons. The minimum absolute atomic E-state index is 0.00745. The molecule has 1 aromatic carbocycles. The van der Waals surface area contributed by atoms with Crippen LogP contribution in [0.25, 0.3) is 0 Å². The van der Waals surface area contributed by atoms with Crippen LogP contribution in [-0.2, 0) is 20.9 Å². The summed E-state index contributed by atoms with van der Waals surface area (Å²) in [7, 11) is 0. The smallest absolute Gasteiger partial charge is 0.312 e. The summed E-state index contributed by atoms with van der Waals surface area (Å²) in [5.41, 5.74) is 2.19. The summed E-state index contributed by atoms with van der Waals surface area (Å²) < 4.78 is 1.57. The molecule has 0 saturated carbocycles. The molecule has 0 aliphatic carbocycles. The third-order valence-electron chi connectivity index (χ3n) is 6.43. The lowest BCUT2D eigenvalue weighted by Crippen LogP contribution is -2.53. The molecule has 2 saturated heterocycles. The molecule has 2 aromatic rings. The number of rotatable bonds is 6. The van der Waals surface area contributed by atoms with E-state index in [1.54, 1.807) is 52.6 Å². The summed E-state index contributed by atoms with van der Waals surface area (Å²) in [6.07, 6.45) is 0.294. The number of benzene rings is 1. The standard InChI is InChI=1S/C23H26N6O6/c1-15-22(29(34)35)16(2)28(24-15)13-17-3-5-18(6-4-17)23(33)26-11-9-25(10-12-26)21(32)14-27-19(30)7-8-20(27)31/h3-6H,7-14H2,1-2H3. The number of amides is 4. The van der Waals surface area contributed by atoms with E-state index >= 15 is 0 Å². The Bertz CT molecular complexity index is 1180. The number of hydrogen-bond donors (Lipinski definition) is 0. The van der Waals surface area contributed by atoms with Gasteiger partial charge in [0, 0.05) is 44.6 Å². The predicted octanol–water partition coefficient (Wildman–Crippen LogP) is 0.890. The molecule has 0 atom stereocenters. The molecule has 0 spiro atoms. The van der Waals surface area contributed by atoms with Gasteiger partial charge in [0.2, 0.25) is 17.7 Å². The van der Waals surface area contributed by atoms with Crippen LogP contribution in [0.4, 0.5) is 5.69 Å². The molecular formula is C23H26N6O6. The number of imide groups is 1. The van der Waals surface area contributed by atoms with Crippen molar-refractivity contribution in [2.75, 3.05) is 32.7 Å². The highest BCUT2D eigenvalue weighted by molar-refractivity contribution is 6.04. The number of aromatic nitrogens is 2. The summed E-state index contributed by atoms with van der Waals surface area (Å²) in [5.74, 6) is -1.10. The Kier molecular flexibility index (Phi) is 6.63. The van der Waals surface area contributed by atoms with Crippen molar-refractivity contribution in [2.24, 2.45) is 0 Å². The Labute approximate surface area is 201 Å². The zero-order valence-electron chi connectivity index (χ0n) is 19.6. The van der Waals surface area contributed by atoms with Gasteiger partial charge in [-0.25, -0.2) is 0 Å². The Morgan fingerprint density at radius 3 is 2.09 bits per heavy atom. The van der Waals surface area contributed by atoms with Crippen molar-refractivity contribution < 1.29 is 24.1 Å². The molecule has 35 heavy (non-hydrogen) atoms. The second-order valence-electron chi connectivity index (χ2n) is 8.68. The van der Waals surface area contributed by atoms with Crippen LogP contribution in [0.1, 0.15) is 40.2 Å². The molecule has 4 amide bonds. The maximum Gasteiger partial charge on any atom is 0.312 e. The zero-order chi connectivity index (χ0) is 25.3. The van der Waals surface area contributed by atoms with E-state index in [-0.39, 0.29) is 48.7 Å². The van der Waals surface area contributed by atoms with Crippen molar-refractivity contribution in [1.82, 2.24) is 24.5 Å². The highest BCUT2D eigenvalue weighted by Gasteiger charge is 2.33. The quantitative estimate of drug-likeness (QED) is 0.338. The lowest BCUT2D eigenvalue weighted by atomic mass is 10.1. The lowest BCUT2D eigenvalue weighted by molar-refractivity contribution is -0.386. The maximum atomic E-state index is 12.9. The third kappa shape index (κ3) is 4.91. The number of aryl methyl sites for hydroxylation is 1. The van der Waals surface area contributed by atoms with Crippen molar-refractivity contribution >= 4 is 29.3 Å². The van der Waals surface area contributed by atoms with E-state index in [4.69, 9.17) is 0 Å². The Balaban J connectivity index is 1.32. The van der Waals surface area contributed by atoms with Crippen molar-refractivity contribution in [2.45, 2.75) is 33.2 Å². The predicted molar refractivity (Wildman–Crippen MR) is 122 cm³/mol. The second kappa shape index (κ2) is 9.65. The van der Waals surface area contributed by atoms with Crippen LogP contribution in [0.15, 0.2) is 24.3 Å². The number of hydrogen-bond acceptors (Lipinski definition) is 7. The molecule has 0 N–H and O–H groups in total. The first-order valence-corrected chi connectivity index (χ1v) is 11.3. The number of nitrogens with zero attached hydrogens (tertiary/aromatic N) is 6. The normalized spacial score (nSPS) is 16.2. The highest BCUT2D eigenvalue weighted by atomic mass is 16.6. The number of likely N-dealkylation sites (tertiary alicyclic amines) is 1. The molecule has 2 fully saturated rings. The van der Waals surface area contributed by atoms with Gasteiger partial charge in [-0.1, -0.05) is 12.1 Å². The van der Waals surface area contributed by atoms with Gasteiger partial charge in [0.1, 0.15) is 17.9 Å². The Morgan fingerprint density at radius 1 is 0.971 bits per heavy atom. The van der Waals surface area contributed by atoms with E-state index in [2.05, 4.69) is 5.10 Å². The average molecular weight is 482 g/mol. The number of carbonyl (C=O) groups is 4. The van der Waals surface area contributed by atoms with E-state index in [0.29, 0.717) is 49.7 Å². The van der Waals surface area contributed by atoms with Gasteiger partial charge in [0.05, 0.1) is 11.5 Å². The monoisotopic (exact) mass is 482 g/mol. The summed E-state index contributed by atoms with van der Waals surface area (Å²) >= 11 is 0. The van der Waals surface area contributed by atoms with E-state index in [1.807, 2.05) is 0 Å². The first kappa shape index (κ1) is 24.0. The van der Waals surface area contributed by atoms with Gasteiger partial charge in [0.25, 0.3) is 5.91 Å². The number of carbonyl (C=O) groups excluding carboxylic acids is 4. The molecule has 3 heterocycles. The fourth-order valence-corrected chi connectivity index (χ4v) is 4.41. The van der Waals surface area contributed by atoms with Crippen LogP contribution >= 0.6 is 0 Å². The summed E-state index contributed by atoms with van der Waals surface area (Å²) in [5, 5.41) is 15.4. The molecule has 0 unspecified atom stereocenters. The summed E-state index contributed by atoms with van der Waals surface area (Å²) in [6, 6.07) is 7.00. The van der Waals surface area contributed by atoms with Crippen molar-refractivity contribution in [1.29, 1.82) is 0 Å². The molecule has 1 aromatic heterocycles. The van der Waals surface area contributed by atoms with Gasteiger partial charge in [-0.15, -0.1) is 0 Å². The number of nitro groups is 1. The minimum atomic E-state index is -0.436. The maximum absolute atomic E-state index is 12.9. The van der Waals surface area contributed by atoms with Crippen LogP contribution in [-0.4, -0.2) is 85.8 Å². The molecule has 12 nitrogen and oxygen atoms in total. The minimum Gasteiger partial charge on any atom is -0.338 e. The van der Waals surface area contributed by atoms with Crippen LogP contribution in [0.2, 0.25) is 0 Å². The molecular weight excluding hydrogens is 456 g/mol. The fourth-order valence-electron chi connectivity index (χ4n) is 4.41. The van der Waals surface area contributed by atoms with E-state index in [9.17, 15) is 29.3 Å². The van der Waals surface area contributed by atoms with Gasteiger partial charge in [-0.2, -0.15) is 5.10 Å². The zero-order valence-corrected chi connectivity index (χ0v) is 19.6. The number of piperazine rings is 1. The van der Waals surface area contributed by atoms with Crippen molar-refractivity contribution in [3.8, 4) is 0 Å². The first-order chi connectivity index (χ1) is 16.7. The topological polar surface area (TPSA) is 139 Å². The van der Waals surface area contributed by atoms with Gasteiger partial charge in [-0.05, 0) is 31.5 Å². The largest absolute Gasteiger partial charge is 0.338 e. The third-order valence-corrected chi connectivity index (χ3v) is 6.43. The van der Waals surface area contributed by atoms with Crippen molar-refractivity contribution in [3.05, 3.63) is 56.9 Å². The summed E-state index contributed by atoms with van der Waals surface area (Å²) in [4.78, 5) is 63.9. The van der Waals surface area contributed by atoms with Crippen LogP contribution in [0.5, 0.6) is 0 Å². The molecule has 184 valence electrons. The van der Waals surface area contributed by atoms with Gasteiger partial charge in [0.15, 0.2) is 0 Å². The highest BCUT2D eigenvalue weighted by Crippen LogP contribution is 2.23. The molecule has 2 aliphatic rings. The van der Waals surface area contributed by atoms with Gasteiger partial charge < -0.3 is 9.80 Å². The summed E-state index contributed by atoms with van der Waals surface area (Å²) in [6.45, 7) is 4.71. The van der Waals surface area contributed by atoms with Crippen LogP contribution in [0, 0.1) is 24.0 Å². The van der Waals surface area contributed by atoms with Crippen molar-refractivity contribution in [3.63, 3.8) is 0 Å². The van der Waals surface area contributed by atoms with Crippen LogP contribution < -0.4 is 0 Å². The second-order valence-corrected chi connectivity index (χ2v) is 8.68. The van der Waals surface area contributed by atoms with Crippen LogP contribution in [0.3, 0.4) is 0 Å². The molecule has 2 aliphatic heterocycles.